The van der Waals surface area contributed by atoms with Crippen LogP contribution < -0.4 is 0 Å². The Bertz CT molecular complexity index is 197. The van der Waals surface area contributed by atoms with Gasteiger partial charge in [-0.1, -0.05) is 18.6 Å². The summed E-state index contributed by atoms with van der Waals surface area (Å²) in [5, 5.41) is 0. The molecule has 0 bridgehead atoms. The monoisotopic (exact) mass is 223 g/mol. The van der Waals surface area contributed by atoms with Gasteiger partial charge in [0.15, 0.2) is 0 Å². The molecule has 1 aliphatic heterocycles. The fourth-order valence-corrected chi connectivity index (χ4v) is 2.47. The average Bonchev–Trinajstić information content (AvgIpc) is 2.70. The van der Waals surface area contributed by atoms with Crippen LogP contribution in [0.3, 0.4) is 0 Å². The van der Waals surface area contributed by atoms with E-state index >= 15 is 0 Å². The molecule has 0 spiro atoms. The normalized spacial score (nSPS) is 18.7. The first-order valence-electron chi connectivity index (χ1n) is 7.04. The first-order chi connectivity index (χ1) is 7.68. The van der Waals surface area contributed by atoms with Gasteiger partial charge >= 0.3 is 0 Å². The molecule has 16 heavy (non-hydrogen) atoms. The van der Waals surface area contributed by atoms with E-state index in [1.54, 1.807) is 0 Å². The second kappa shape index (κ2) is 7.89. The van der Waals surface area contributed by atoms with Crippen molar-refractivity contribution in [2.24, 2.45) is 5.92 Å². The van der Waals surface area contributed by atoms with Crippen LogP contribution in [0.2, 0.25) is 0 Å². The number of hydrogen-bond donors (Lipinski definition) is 0. The van der Waals surface area contributed by atoms with Crippen molar-refractivity contribution in [1.29, 1.82) is 0 Å². The summed E-state index contributed by atoms with van der Waals surface area (Å²) in [7, 11) is 0. The summed E-state index contributed by atoms with van der Waals surface area (Å²) in [5.74, 6) is 0.901. The standard InChI is InChI=1S/C15H29N/c1-14(2)8-6-9-15(3)10-7-13-16-11-4-5-12-16/h8,15H,4-7,9-13H2,1-3H3. The molecule has 0 saturated carbocycles. The molecule has 0 radical (unpaired) electrons. The van der Waals surface area contributed by atoms with Gasteiger partial charge < -0.3 is 4.90 Å². The van der Waals surface area contributed by atoms with Crippen molar-refractivity contribution in [3.05, 3.63) is 11.6 Å². The van der Waals surface area contributed by atoms with Crippen LogP contribution in [0.25, 0.3) is 0 Å². The highest BCUT2D eigenvalue weighted by molar-refractivity contribution is 4.92. The lowest BCUT2D eigenvalue weighted by Crippen LogP contribution is -2.20. The molecule has 1 heterocycles. The summed E-state index contributed by atoms with van der Waals surface area (Å²) >= 11 is 0. The van der Waals surface area contributed by atoms with Gasteiger partial charge in [0, 0.05) is 0 Å². The van der Waals surface area contributed by atoms with E-state index in [0.29, 0.717) is 0 Å². The highest BCUT2D eigenvalue weighted by Gasteiger charge is 2.11. The maximum Gasteiger partial charge on any atom is -0.00183 e. The molecule has 0 N–H and O–H groups in total. The van der Waals surface area contributed by atoms with E-state index in [9.17, 15) is 0 Å². The lowest BCUT2D eigenvalue weighted by atomic mass is 9.99. The quantitative estimate of drug-likeness (QED) is 0.583. The van der Waals surface area contributed by atoms with Gasteiger partial charge in [0.25, 0.3) is 0 Å². The van der Waals surface area contributed by atoms with Gasteiger partial charge in [-0.05, 0) is 77.9 Å². The van der Waals surface area contributed by atoms with Crippen LogP contribution in [0.1, 0.15) is 59.3 Å². The van der Waals surface area contributed by atoms with Gasteiger partial charge in [-0.25, -0.2) is 0 Å². The van der Waals surface area contributed by atoms with Gasteiger partial charge in [-0.2, -0.15) is 0 Å². The fraction of sp³-hybridized carbons (Fsp3) is 0.867. The largest absolute Gasteiger partial charge is 0.303 e. The third-order valence-corrected chi connectivity index (χ3v) is 3.58. The van der Waals surface area contributed by atoms with Crippen LogP contribution in [-0.4, -0.2) is 24.5 Å². The Balaban J connectivity index is 1.97. The van der Waals surface area contributed by atoms with Crippen LogP contribution in [0.5, 0.6) is 0 Å². The van der Waals surface area contributed by atoms with Gasteiger partial charge in [-0.15, -0.1) is 0 Å². The van der Waals surface area contributed by atoms with E-state index in [1.165, 1.54) is 63.7 Å². The minimum Gasteiger partial charge on any atom is -0.303 e. The summed E-state index contributed by atoms with van der Waals surface area (Å²) in [6, 6.07) is 0. The topological polar surface area (TPSA) is 3.24 Å². The number of likely N-dealkylation sites (tertiary alicyclic amines) is 1. The van der Waals surface area contributed by atoms with Crippen molar-refractivity contribution in [3.8, 4) is 0 Å². The molecule has 0 amide bonds. The fourth-order valence-electron chi connectivity index (χ4n) is 2.47. The van der Waals surface area contributed by atoms with Crippen molar-refractivity contribution in [3.63, 3.8) is 0 Å². The molecule has 1 saturated heterocycles. The van der Waals surface area contributed by atoms with Crippen molar-refractivity contribution in [1.82, 2.24) is 4.90 Å². The molecule has 0 aliphatic carbocycles. The highest BCUT2D eigenvalue weighted by atomic mass is 15.1. The smallest absolute Gasteiger partial charge is 0.00183 e. The van der Waals surface area contributed by atoms with E-state index in [-0.39, 0.29) is 0 Å². The second-order valence-electron chi connectivity index (χ2n) is 5.65. The number of hydrogen-bond acceptors (Lipinski definition) is 1. The number of allylic oxidation sites excluding steroid dienone is 2. The van der Waals surface area contributed by atoms with Gasteiger partial charge in [0.2, 0.25) is 0 Å². The predicted molar refractivity (Wildman–Crippen MR) is 72.7 cm³/mol. The Labute approximate surface area is 102 Å². The van der Waals surface area contributed by atoms with Crippen LogP contribution in [-0.2, 0) is 0 Å². The van der Waals surface area contributed by atoms with Crippen LogP contribution >= 0.6 is 0 Å². The van der Waals surface area contributed by atoms with Gasteiger partial charge in [-0.3, -0.25) is 0 Å². The first kappa shape index (κ1) is 13.8. The highest BCUT2D eigenvalue weighted by Crippen LogP contribution is 2.15. The first-order valence-corrected chi connectivity index (χ1v) is 7.04. The minimum absolute atomic E-state index is 0.901. The summed E-state index contributed by atoms with van der Waals surface area (Å²) < 4.78 is 0. The lowest BCUT2D eigenvalue weighted by Gasteiger charge is -2.16. The minimum atomic E-state index is 0.901. The molecule has 94 valence electrons. The zero-order valence-electron chi connectivity index (χ0n) is 11.5. The molecule has 1 nitrogen and oxygen atoms in total. The maximum atomic E-state index is 2.63. The molecule has 1 unspecified atom stereocenters. The van der Waals surface area contributed by atoms with Gasteiger partial charge in [0.1, 0.15) is 0 Å². The van der Waals surface area contributed by atoms with E-state index < -0.39 is 0 Å². The molecule has 1 aliphatic rings. The Kier molecular flexibility index (Phi) is 6.79. The summed E-state index contributed by atoms with van der Waals surface area (Å²) in [6.45, 7) is 10.8. The summed E-state index contributed by atoms with van der Waals surface area (Å²) in [5.41, 5.74) is 1.46. The van der Waals surface area contributed by atoms with Gasteiger partial charge in [0.05, 0.1) is 0 Å². The second-order valence-corrected chi connectivity index (χ2v) is 5.65. The molecule has 0 aromatic rings. The molecule has 1 atom stereocenters. The number of nitrogens with zero attached hydrogens (tertiary/aromatic N) is 1. The predicted octanol–water partition coefficient (Wildman–Crippen LogP) is 4.24. The van der Waals surface area contributed by atoms with Crippen molar-refractivity contribution in [2.75, 3.05) is 19.6 Å². The SMILES string of the molecule is CC(C)=CCCC(C)CCCN1CCCC1. The maximum absolute atomic E-state index is 2.63. The third-order valence-electron chi connectivity index (χ3n) is 3.58. The molecule has 0 aromatic carbocycles. The molecule has 1 heteroatoms. The average molecular weight is 223 g/mol. The Morgan fingerprint density at radius 2 is 1.88 bits per heavy atom. The number of rotatable bonds is 7. The zero-order chi connectivity index (χ0) is 11.8. The Hall–Kier alpha value is -0.300. The summed E-state index contributed by atoms with van der Waals surface area (Å²) in [6.07, 6.45) is 10.7. The third kappa shape index (κ3) is 6.32. The lowest BCUT2D eigenvalue weighted by molar-refractivity contribution is 0.316. The van der Waals surface area contributed by atoms with E-state index in [0.717, 1.165) is 5.92 Å². The van der Waals surface area contributed by atoms with E-state index in [4.69, 9.17) is 0 Å². The van der Waals surface area contributed by atoms with Crippen LogP contribution in [0, 0.1) is 5.92 Å². The van der Waals surface area contributed by atoms with Crippen molar-refractivity contribution >= 4 is 0 Å². The van der Waals surface area contributed by atoms with E-state index in [2.05, 4.69) is 31.7 Å². The molecular weight excluding hydrogens is 194 g/mol. The van der Waals surface area contributed by atoms with E-state index in [1.807, 2.05) is 0 Å². The molecular formula is C15H29N. The van der Waals surface area contributed by atoms with Crippen molar-refractivity contribution in [2.45, 2.75) is 59.3 Å². The summed E-state index contributed by atoms with van der Waals surface area (Å²) in [4.78, 5) is 2.63. The van der Waals surface area contributed by atoms with Crippen molar-refractivity contribution < 1.29 is 0 Å². The molecule has 1 rings (SSSR count). The molecule has 0 aromatic heterocycles. The zero-order valence-corrected chi connectivity index (χ0v) is 11.5. The Morgan fingerprint density at radius 1 is 1.19 bits per heavy atom. The Morgan fingerprint density at radius 3 is 2.50 bits per heavy atom. The van der Waals surface area contributed by atoms with Crippen LogP contribution in [0.4, 0.5) is 0 Å². The molecule has 1 fully saturated rings. The van der Waals surface area contributed by atoms with Crippen LogP contribution in [0.15, 0.2) is 11.6 Å².